The van der Waals surface area contributed by atoms with E-state index >= 15 is 0 Å². The van der Waals surface area contributed by atoms with Crippen LogP contribution in [0.1, 0.15) is 20.3 Å². The number of carboxylic acid groups (broad SMARTS) is 1. The van der Waals surface area contributed by atoms with Gasteiger partial charge in [0.25, 0.3) is 0 Å². The second-order valence-corrected chi connectivity index (χ2v) is 4.65. The van der Waals surface area contributed by atoms with Gasteiger partial charge in [-0.1, -0.05) is 20.3 Å². The maximum absolute atomic E-state index is 13.2. The molecule has 0 aliphatic carbocycles. The average molecular weight is 298 g/mol. The molecular formula is C14H19FN2O4. The zero-order chi connectivity index (χ0) is 16.0. The molecule has 0 radical (unpaired) electrons. The van der Waals surface area contributed by atoms with Gasteiger partial charge in [0, 0.05) is 11.8 Å². The van der Waals surface area contributed by atoms with Crippen LogP contribution < -0.4 is 15.4 Å². The molecule has 0 aromatic heterocycles. The van der Waals surface area contributed by atoms with Crippen LogP contribution in [0.15, 0.2) is 18.2 Å². The van der Waals surface area contributed by atoms with E-state index in [9.17, 15) is 14.0 Å². The van der Waals surface area contributed by atoms with Crippen molar-refractivity contribution in [2.24, 2.45) is 5.92 Å². The van der Waals surface area contributed by atoms with Crippen molar-refractivity contribution < 1.29 is 23.8 Å². The molecule has 0 aliphatic heterocycles. The van der Waals surface area contributed by atoms with Crippen LogP contribution in [0.2, 0.25) is 0 Å². The summed E-state index contributed by atoms with van der Waals surface area (Å²) in [6.45, 7) is 3.57. The van der Waals surface area contributed by atoms with Gasteiger partial charge in [-0.15, -0.1) is 0 Å². The summed E-state index contributed by atoms with van der Waals surface area (Å²) in [7, 11) is 1.31. The molecule has 0 aliphatic rings. The number of carbonyl (C=O) groups is 2. The van der Waals surface area contributed by atoms with Crippen molar-refractivity contribution in [3.05, 3.63) is 24.0 Å². The summed E-state index contributed by atoms with van der Waals surface area (Å²) < 4.78 is 18.0. The zero-order valence-electron chi connectivity index (χ0n) is 12.1. The first-order valence-electron chi connectivity index (χ1n) is 6.52. The van der Waals surface area contributed by atoms with Crippen LogP contribution in [-0.2, 0) is 4.79 Å². The number of carbonyl (C=O) groups excluding carboxylic acids is 1. The number of hydrogen-bond acceptors (Lipinski definition) is 3. The fraction of sp³-hybridized carbons (Fsp3) is 0.429. The number of hydrogen-bond donors (Lipinski definition) is 3. The molecule has 0 fully saturated rings. The summed E-state index contributed by atoms with van der Waals surface area (Å²) in [6, 6.07) is 2.16. The SMILES string of the molecule is CCC(C)C(NC(=O)Nc1ccc(F)c(OC)c1)C(=O)O. The van der Waals surface area contributed by atoms with Crippen molar-refractivity contribution in [3.8, 4) is 5.75 Å². The van der Waals surface area contributed by atoms with Gasteiger partial charge in [0.2, 0.25) is 0 Å². The van der Waals surface area contributed by atoms with Gasteiger partial charge in [-0.2, -0.15) is 0 Å². The Hall–Kier alpha value is -2.31. The van der Waals surface area contributed by atoms with Crippen molar-refractivity contribution in [1.82, 2.24) is 5.32 Å². The third-order valence-corrected chi connectivity index (χ3v) is 3.17. The number of rotatable bonds is 6. The molecule has 116 valence electrons. The predicted molar refractivity (Wildman–Crippen MR) is 76.0 cm³/mol. The first kappa shape index (κ1) is 16.7. The van der Waals surface area contributed by atoms with Crippen molar-refractivity contribution in [2.75, 3.05) is 12.4 Å². The van der Waals surface area contributed by atoms with Crippen LogP contribution in [0.25, 0.3) is 0 Å². The number of halogens is 1. The minimum atomic E-state index is -1.10. The molecule has 0 bridgehead atoms. The Balaban J connectivity index is 2.74. The predicted octanol–water partition coefficient (Wildman–Crippen LogP) is 2.46. The molecule has 0 saturated heterocycles. The van der Waals surface area contributed by atoms with E-state index < -0.39 is 23.9 Å². The third kappa shape index (κ3) is 4.62. The van der Waals surface area contributed by atoms with E-state index in [2.05, 4.69) is 10.6 Å². The van der Waals surface area contributed by atoms with Crippen molar-refractivity contribution in [1.29, 1.82) is 0 Å². The zero-order valence-corrected chi connectivity index (χ0v) is 12.1. The van der Waals surface area contributed by atoms with Crippen molar-refractivity contribution in [2.45, 2.75) is 26.3 Å². The molecule has 6 nitrogen and oxygen atoms in total. The number of ether oxygens (including phenoxy) is 1. The number of methoxy groups -OCH3 is 1. The Labute approximate surface area is 122 Å². The number of urea groups is 1. The monoisotopic (exact) mass is 298 g/mol. The van der Waals surface area contributed by atoms with E-state index in [1.54, 1.807) is 6.92 Å². The third-order valence-electron chi connectivity index (χ3n) is 3.17. The highest BCUT2D eigenvalue weighted by Crippen LogP contribution is 2.21. The topological polar surface area (TPSA) is 87.7 Å². The number of amides is 2. The standard InChI is InChI=1S/C14H19FN2O4/c1-4-8(2)12(13(18)19)17-14(20)16-9-5-6-10(15)11(7-9)21-3/h5-8,12H,4H2,1-3H3,(H,18,19)(H2,16,17,20). The summed E-state index contributed by atoms with van der Waals surface area (Å²) in [4.78, 5) is 22.9. The lowest BCUT2D eigenvalue weighted by Gasteiger charge is -2.20. The molecule has 1 rings (SSSR count). The molecule has 2 unspecified atom stereocenters. The van der Waals surface area contributed by atoms with E-state index in [4.69, 9.17) is 9.84 Å². The molecule has 1 aromatic carbocycles. The van der Waals surface area contributed by atoms with Gasteiger partial charge < -0.3 is 20.5 Å². The van der Waals surface area contributed by atoms with Crippen LogP contribution in [-0.4, -0.2) is 30.3 Å². The Morgan fingerprint density at radius 1 is 1.43 bits per heavy atom. The van der Waals surface area contributed by atoms with Gasteiger partial charge in [0.15, 0.2) is 11.6 Å². The molecular weight excluding hydrogens is 279 g/mol. The molecule has 2 atom stereocenters. The second kappa shape index (κ2) is 7.47. The first-order valence-corrected chi connectivity index (χ1v) is 6.52. The van der Waals surface area contributed by atoms with E-state index in [0.717, 1.165) is 6.07 Å². The van der Waals surface area contributed by atoms with Crippen LogP contribution in [0.5, 0.6) is 5.75 Å². The van der Waals surface area contributed by atoms with Gasteiger partial charge in [0.05, 0.1) is 7.11 Å². The highest BCUT2D eigenvalue weighted by Gasteiger charge is 2.25. The quantitative estimate of drug-likeness (QED) is 0.752. The van der Waals surface area contributed by atoms with E-state index in [-0.39, 0.29) is 11.7 Å². The van der Waals surface area contributed by atoms with Crippen LogP contribution in [0.3, 0.4) is 0 Å². The Kier molecular flexibility index (Phi) is 5.95. The molecule has 0 spiro atoms. The Morgan fingerprint density at radius 3 is 2.62 bits per heavy atom. The lowest BCUT2D eigenvalue weighted by molar-refractivity contribution is -0.140. The highest BCUT2D eigenvalue weighted by atomic mass is 19.1. The summed E-state index contributed by atoms with van der Waals surface area (Å²) in [5.41, 5.74) is 0.305. The number of benzene rings is 1. The Morgan fingerprint density at radius 2 is 2.10 bits per heavy atom. The van der Waals surface area contributed by atoms with Gasteiger partial charge in [-0.3, -0.25) is 0 Å². The molecule has 0 heterocycles. The summed E-state index contributed by atoms with van der Waals surface area (Å²) in [5, 5.41) is 13.9. The van der Waals surface area contributed by atoms with Crippen LogP contribution in [0, 0.1) is 11.7 Å². The van der Waals surface area contributed by atoms with E-state index in [1.807, 2.05) is 6.92 Å². The number of aliphatic carboxylic acids is 1. The normalized spacial score (nSPS) is 13.1. The molecule has 3 N–H and O–H groups in total. The second-order valence-electron chi connectivity index (χ2n) is 4.65. The van der Waals surface area contributed by atoms with E-state index in [1.165, 1.54) is 19.2 Å². The van der Waals surface area contributed by atoms with E-state index in [0.29, 0.717) is 12.1 Å². The van der Waals surface area contributed by atoms with Gasteiger partial charge in [-0.05, 0) is 18.1 Å². The molecule has 2 amide bonds. The summed E-state index contributed by atoms with van der Waals surface area (Å²) >= 11 is 0. The maximum Gasteiger partial charge on any atom is 0.326 e. The largest absolute Gasteiger partial charge is 0.494 e. The minimum Gasteiger partial charge on any atom is -0.494 e. The van der Waals surface area contributed by atoms with Crippen molar-refractivity contribution in [3.63, 3.8) is 0 Å². The molecule has 7 heteroatoms. The smallest absolute Gasteiger partial charge is 0.326 e. The minimum absolute atomic E-state index is 0.00971. The number of anilines is 1. The highest BCUT2D eigenvalue weighted by molar-refractivity contribution is 5.92. The Bertz CT molecular complexity index is 522. The number of nitrogens with one attached hydrogen (secondary N) is 2. The fourth-order valence-electron chi connectivity index (χ4n) is 1.73. The average Bonchev–Trinajstić information content (AvgIpc) is 2.45. The number of carboxylic acids is 1. The summed E-state index contributed by atoms with van der Waals surface area (Å²) in [6.07, 6.45) is 0.613. The first-order chi connectivity index (χ1) is 9.88. The lowest BCUT2D eigenvalue weighted by atomic mass is 9.99. The van der Waals surface area contributed by atoms with Crippen LogP contribution >= 0.6 is 0 Å². The van der Waals surface area contributed by atoms with Crippen molar-refractivity contribution >= 4 is 17.7 Å². The molecule has 1 aromatic rings. The van der Waals surface area contributed by atoms with Gasteiger partial charge in [0.1, 0.15) is 6.04 Å². The fourth-order valence-corrected chi connectivity index (χ4v) is 1.73. The summed E-state index contributed by atoms with van der Waals surface area (Å²) in [5.74, 6) is -1.87. The molecule has 0 saturated carbocycles. The lowest BCUT2D eigenvalue weighted by Crippen LogP contribution is -2.46. The van der Waals surface area contributed by atoms with Crippen LogP contribution in [0.4, 0.5) is 14.9 Å². The van der Waals surface area contributed by atoms with Gasteiger partial charge >= 0.3 is 12.0 Å². The van der Waals surface area contributed by atoms with Gasteiger partial charge in [-0.25, -0.2) is 14.0 Å². The molecule has 21 heavy (non-hydrogen) atoms. The maximum atomic E-state index is 13.2.